The van der Waals surface area contributed by atoms with Crippen LogP contribution in [-0.4, -0.2) is 23.7 Å². The van der Waals surface area contributed by atoms with Crippen LogP contribution in [0.2, 0.25) is 0 Å². The van der Waals surface area contributed by atoms with Crippen LogP contribution in [0.3, 0.4) is 0 Å². The number of carbonyl (C=O) groups excluding carboxylic acids is 1. The number of hydrogen-bond donors (Lipinski definition) is 2. The summed E-state index contributed by atoms with van der Waals surface area (Å²) in [6.45, 7) is -1.14. The molecule has 1 atom stereocenters. The highest BCUT2D eigenvalue weighted by atomic mass is 19.4. The lowest BCUT2D eigenvalue weighted by Crippen LogP contribution is -2.51. The van der Waals surface area contributed by atoms with Gasteiger partial charge in [0.2, 0.25) is 5.60 Å². The number of amides is 1. The molecule has 5 nitrogen and oxygen atoms in total. The van der Waals surface area contributed by atoms with E-state index in [9.17, 15) is 27.9 Å². The van der Waals surface area contributed by atoms with Gasteiger partial charge in [-0.2, -0.15) is 13.2 Å². The zero-order valence-electron chi connectivity index (χ0n) is 13.8. The molecule has 8 heteroatoms. The van der Waals surface area contributed by atoms with Crippen LogP contribution in [0.5, 0.6) is 0 Å². The fraction of sp³-hybridized carbons (Fsp3) is 0.158. The predicted octanol–water partition coefficient (Wildman–Crippen LogP) is 2.97. The molecule has 0 aliphatic heterocycles. The molecular weight excluding hydrogens is 363 g/mol. The van der Waals surface area contributed by atoms with E-state index in [1.165, 1.54) is 30.3 Å². The summed E-state index contributed by atoms with van der Waals surface area (Å²) in [5.41, 5.74) is -4.08. The number of halogens is 3. The number of rotatable bonds is 4. The van der Waals surface area contributed by atoms with E-state index in [1.54, 1.807) is 12.1 Å². The third kappa shape index (κ3) is 3.56. The SMILES string of the molecule is O=C(NCC(O)(c1ccccc1)C(F)(F)F)c1cc(=O)c2ccccc2o1. The molecule has 1 aromatic heterocycles. The molecule has 2 N–H and O–H groups in total. The van der Waals surface area contributed by atoms with Crippen LogP contribution < -0.4 is 10.7 Å². The van der Waals surface area contributed by atoms with Crippen molar-refractivity contribution in [1.82, 2.24) is 5.32 Å². The molecule has 0 aliphatic rings. The van der Waals surface area contributed by atoms with Crippen LogP contribution in [0.4, 0.5) is 13.2 Å². The minimum atomic E-state index is -5.04. The second kappa shape index (κ2) is 6.88. The highest BCUT2D eigenvalue weighted by Crippen LogP contribution is 2.38. The topological polar surface area (TPSA) is 79.5 Å². The van der Waals surface area contributed by atoms with Crippen LogP contribution in [-0.2, 0) is 5.60 Å². The van der Waals surface area contributed by atoms with Gasteiger partial charge in [0.15, 0.2) is 11.2 Å². The summed E-state index contributed by atoms with van der Waals surface area (Å²) in [5.74, 6) is -1.49. The minimum Gasteiger partial charge on any atom is -0.451 e. The van der Waals surface area contributed by atoms with Crippen LogP contribution in [0.15, 0.2) is 69.9 Å². The predicted molar refractivity (Wildman–Crippen MR) is 91.2 cm³/mol. The number of nitrogens with one attached hydrogen (secondary N) is 1. The Morgan fingerprint density at radius 1 is 1.04 bits per heavy atom. The maximum absolute atomic E-state index is 13.4. The summed E-state index contributed by atoms with van der Waals surface area (Å²) < 4.78 is 45.6. The van der Waals surface area contributed by atoms with Gasteiger partial charge in [-0.3, -0.25) is 9.59 Å². The fourth-order valence-electron chi connectivity index (χ4n) is 2.59. The molecule has 2 aromatic carbocycles. The summed E-state index contributed by atoms with van der Waals surface area (Å²) in [5, 5.41) is 12.4. The van der Waals surface area contributed by atoms with E-state index < -0.39 is 41.0 Å². The molecule has 0 fully saturated rings. The van der Waals surface area contributed by atoms with Crippen LogP contribution in [0, 0.1) is 0 Å². The molecule has 1 heterocycles. The third-order valence-electron chi connectivity index (χ3n) is 4.08. The summed E-state index contributed by atoms with van der Waals surface area (Å²) in [7, 11) is 0. The first-order valence-electron chi connectivity index (χ1n) is 7.88. The quantitative estimate of drug-likeness (QED) is 0.733. The molecule has 0 bridgehead atoms. The normalized spacial score (nSPS) is 13.9. The van der Waals surface area contributed by atoms with Gasteiger partial charge >= 0.3 is 6.18 Å². The van der Waals surface area contributed by atoms with Gasteiger partial charge in [-0.15, -0.1) is 0 Å². The highest BCUT2D eigenvalue weighted by molar-refractivity contribution is 5.93. The van der Waals surface area contributed by atoms with E-state index in [1.807, 2.05) is 5.32 Å². The Bertz CT molecular complexity index is 1030. The lowest BCUT2D eigenvalue weighted by molar-refractivity contribution is -0.263. The van der Waals surface area contributed by atoms with Crippen LogP contribution >= 0.6 is 0 Å². The minimum absolute atomic E-state index is 0.129. The maximum Gasteiger partial charge on any atom is 0.423 e. The largest absolute Gasteiger partial charge is 0.451 e. The lowest BCUT2D eigenvalue weighted by atomic mass is 9.93. The molecular formula is C19H14F3NO4. The van der Waals surface area contributed by atoms with E-state index in [0.717, 1.165) is 18.2 Å². The molecule has 0 saturated carbocycles. The van der Waals surface area contributed by atoms with Crippen molar-refractivity contribution < 1.29 is 27.5 Å². The summed E-state index contributed by atoms with van der Waals surface area (Å²) in [6, 6.07) is 13.5. The number of alkyl halides is 3. The summed E-state index contributed by atoms with van der Waals surface area (Å²) in [6.07, 6.45) is -5.04. The van der Waals surface area contributed by atoms with Crippen molar-refractivity contribution in [2.45, 2.75) is 11.8 Å². The highest BCUT2D eigenvalue weighted by Gasteiger charge is 2.55. The molecule has 0 saturated heterocycles. The average Bonchev–Trinajstić information content (AvgIpc) is 2.65. The Balaban J connectivity index is 1.88. The van der Waals surface area contributed by atoms with Crippen LogP contribution in [0.25, 0.3) is 11.0 Å². The smallest absolute Gasteiger partial charge is 0.423 e. The summed E-state index contributed by atoms with van der Waals surface area (Å²) >= 11 is 0. The van der Waals surface area contributed by atoms with Crippen molar-refractivity contribution in [2.75, 3.05) is 6.54 Å². The lowest BCUT2D eigenvalue weighted by Gasteiger charge is -2.31. The van der Waals surface area contributed by atoms with Crippen molar-refractivity contribution in [3.05, 3.63) is 82.2 Å². The van der Waals surface area contributed by atoms with E-state index >= 15 is 0 Å². The molecule has 3 rings (SSSR count). The molecule has 1 amide bonds. The van der Waals surface area contributed by atoms with E-state index in [4.69, 9.17) is 4.42 Å². The standard InChI is InChI=1S/C19H14F3NO4/c20-19(21,22)18(26,12-6-2-1-3-7-12)11-23-17(25)16-10-14(24)13-8-4-5-9-15(13)27-16/h1-10,26H,11H2,(H,23,25). The van der Waals surface area contributed by atoms with Crippen molar-refractivity contribution >= 4 is 16.9 Å². The van der Waals surface area contributed by atoms with Gasteiger partial charge in [-0.1, -0.05) is 42.5 Å². The Morgan fingerprint density at radius 2 is 1.67 bits per heavy atom. The Labute approximate surface area is 151 Å². The zero-order chi connectivity index (χ0) is 19.7. The van der Waals surface area contributed by atoms with Crippen molar-refractivity contribution in [1.29, 1.82) is 0 Å². The van der Waals surface area contributed by atoms with E-state index in [-0.39, 0.29) is 11.0 Å². The fourth-order valence-corrected chi connectivity index (χ4v) is 2.59. The van der Waals surface area contributed by atoms with Crippen molar-refractivity contribution in [3.63, 3.8) is 0 Å². The van der Waals surface area contributed by atoms with Gasteiger partial charge in [-0.25, -0.2) is 0 Å². The van der Waals surface area contributed by atoms with Gasteiger partial charge in [0, 0.05) is 6.07 Å². The number of carbonyl (C=O) groups is 1. The second-order valence-corrected chi connectivity index (χ2v) is 5.88. The molecule has 27 heavy (non-hydrogen) atoms. The number of fused-ring (bicyclic) bond motifs is 1. The summed E-state index contributed by atoms with van der Waals surface area (Å²) in [4.78, 5) is 24.2. The first-order valence-corrected chi connectivity index (χ1v) is 7.88. The first kappa shape index (κ1) is 18.7. The van der Waals surface area contributed by atoms with Gasteiger partial charge in [0.25, 0.3) is 5.91 Å². The Kier molecular flexibility index (Phi) is 4.75. The Hall–Kier alpha value is -3.13. The Morgan fingerprint density at radius 3 is 2.33 bits per heavy atom. The number of para-hydroxylation sites is 1. The third-order valence-corrected chi connectivity index (χ3v) is 4.08. The second-order valence-electron chi connectivity index (χ2n) is 5.88. The maximum atomic E-state index is 13.4. The van der Waals surface area contributed by atoms with Gasteiger partial charge in [0.05, 0.1) is 11.9 Å². The van der Waals surface area contributed by atoms with Crippen LogP contribution in [0.1, 0.15) is 16.1 Å². The first-order chi connectivity index (χ1) is 12.7. The van der Waals surface area contributed by atoms with Crippen molar-refractivity contribution in [2.24, 2.45) is 0 Å². The number of benzene rings is 2. The van der Waals surface area contributed by atoms with Gasteiger partial charge in [-0.05, 0) is 17.7 Å². The molecule has 0 radical (unpaired) electrons. The molecule has 0 spiro atoms. The van der Waals surface area contributed by atoms with Gasteiger partial charge < -0.3 is 14.8 Å². The van der Waals surface area contributed by atoms with Crippen molar-refractivity contribution in [3.8, 4) is 0 Å². The monoisotopic (exact) mass is 377 g/mol. The average molecular weight is 377 g/mol. The molecule has 1 unspecified atom stereocenters. The molecule has 3 aromatic rings. The van der Waals surface area contributed by atoms with Gasteiger partial charge in [0.1, 0.15) is 5.58 Å². The zero-order valence-corrected chi connectivity index (χ0v) is 13.8. The van der Waals surface area contributed by atoms with E-state index in [0.29, 0.717) is 0 Å². The molecule has 0 aliphatic carbocycles. The molecule has 140 valence electrons. The van der Waals surface area contributed by atoms with E-state index in [2.05, 4.69) is 0 Å². The number of aliphatic hydroxyl groups is 1. The number of hydrogen-bond acceptors (Lipinski definition) is 4.